The molecule has 1 heterocycles. The van der Waals surface area contributed by atoms with Gasteiger partial charge in [0, 0.05) is 6.42 Å². The Morgan fingerprint density at radius 2 is 2.17 bits per heavy atom. The van der Waals surface area contributed by atoms with Gasteiger partial charge in [0.2, 0.25) is 5.91 Å². The summed E-state index contributed by atoms with van der Waals surface area (Å²) >= 11 is 0. The Morgan fingerprint density at radius 1 is 1.44 bits per heavy atom. The zero-order valence-electron chi connectivity index (χ0n) is 11.4. The van der Waals surface area contributed by atoms with Gasteiger partial charge in [-0.3, -0.25) is 4.79 Å². The molecule has 1 saturated heterocycles. The summed E-state index contributed by atoms with van der Waals surface area (Å²) in [6.07, 6.45) is 6.11. The second-order valence-electron chi connectivity index (χ2n) is 5.64. The van der Waals surface area contributed by atoms with Crippen molar-refractivity contribution in [2.24, 2.45) is 5.92 Å². The van der Waals surface area contributed by atoms with Crippen LogP contribution in [0.4, 0.5) is 4.79 Å². The fraction of sp³-hybridized carbons (Fsp3) is 0.857. The second-order valence-corrected chi connectivity index (χ2v) is 5.64. The fourth-order valence-corrected chi connectivity index (χ4v) is 3.11. The third-order valence-corrected chi connectivity index (χ3v) is 4.02. The summed E-state index contributed by atoms with van der Waals surface area (Å²) in [5, 5.41) is 0. The predicted molar refractivity (Wildman–Crippen MR) is 68.1 cm³/mol. The van der Waals surface area contributed by atoms with Gasteiger partial charge in [0.05, 0.1) is 6.04 Å². The Labute approximate surface area is 109 Å². The lowest BCUT2D eigenvalue weighted by Crippen LogP contribution is -2.42. The molecule has 0 bridgehead atoms. The lowest BCUT2D eigenvalue weighted by atomic mass is 9.92. The van der Waals surface area contributed by atoms with Crippen molar-refractivity contribution in [3.05, 3.63) is 0 Å². The van der Waals surface area contributed by atoms with Crippen molar-refractivity contribution in [3.8, 4) is 0 Å². The molecular weight excluding hydrogens is 230 g/mol. The summed E-state index contributed by atoms with van der Waals surface area (Å²) < 4.78 is 5.31. The van der Waals surface area contributed by atoms with E-state index < -0.39 is 6.09 Å². The molecule has 4 heteroatoms. The first-order valence-corrected chi connectivity index (χ1v) is 7.16. The zero-order valence-corrected chi connectivity index (χ0v) is 11.4. The highest BCUT2D eigenvalue weighted by atomic mass is 16.6. The summed E-state index contributed by atoms with van der Waals surface area (Å²) in [5.74, 6) is 0.299. The average Bonchev–Trinajstić information content (AvgIpc) is 2.64. The van der Waals surface area contributed by atoms with Gasteiger partial charge in [0.15, 0.2) is 0 Å². The van der Waals surface area contributed by atoms with Crippen molar-refractivity contribution in [2.45, 2.75) is 70.9 Å². The van der Waals surface area contributed by atoms with Crippen LogP contribution in [0.1, 0.15) is 58.8 Å². The van der Waals surface area contributed by atoms with E-state index in [9.17, 15) is 9.59 Å². The van der Waals surface area contributed by atoms with Crippen molar-refractivity contribution in [1.29, 1.82) is 0 Å². The normalized spacial score (nSPS) is 28.8. The molecule has 0 N–H and O–H groups in total. The summed E-state index contributed by atoms with van der Waals surface area (Å²) in [5.41, 5.74) is 0. The second kappa shape index (κ2) is 5.72. The monoisotopic (exact) mass is 253 g/mol. The van der Waals surface area contributed by atoms with Crippen LogP contribution < -0.4 is 0 Å². The van der Waals surface area contributed by atoms with Gasteiger partial charge in [-0.25, -0.2) is 9.69 Å². The van der Waals surface area contributed by atoms with Crippen molar-refractivity contribution in [2.75, 3.05) is 0 Å². The minimum absolute atomic E-state index is 0.00702. The van der Waals surface area contributed by atoms with Crippen LogP contribution in [0.25, 0.3) is 0 Å². The first kappa shape index (κ1) is 13.4. The number of rotatable bonds is 4. The quantitative estimate of drug-likeness (QED) is 0.773. The molecule has 0 aromatic heterocycles. The standard InChI is InChI=1S/C14H23NO3/c1-3-6-10(2)9-13(16)15-11-7-4-5-8-12(11)18-14(15)17/h10-12H,3-9H2,1-2H3/t10-,11-,12-/m0/s1. The predicted octanol–water partition coefficient (Wildman–Crippen LogP) is 3.10. The van der Waals surface area contributed by atoms with E-state index in [1.165, 1.54) is 4.90 Å². The van der Waals surface area contributed by atoms with Crippen LogP contribution in [0.15, 0.2) is 0 Å². The highest BCUT2D eigenvalue weighted by Crippen LogP contribution is 2.32. The van der Waals surface area contributed by atoms with E-state index in [1.54, 1.807) is 0 Å². The van der Waals surface area contributed by atoms with E-state index in [-0.39, 0.29) is 18.1 Å². The molecule has 0 radical (unpaired) electrons. The van der Waals surface area contributed by atoms with Crippen molar-refractivity contribution >= 4 is 12.0 Å². The van der Waals surface area contributed by atoms with Crippen LogP contribution in [0.2, 0.25) is 0 Å². The van der Waals surface area contributed by atoms with Crippen LogP contribution in [0.5, 0.6) is 0 Å². The Bertz CT molecular complexity index is 329. The molecule has 18 heavy (non-hydrogen) atoms. The Kier molecular flexibility index (Phi) is 4.25. The molecule has 3 atom stereocenters. The van der Waals surface area contributed by atoms with Gasteiger partial charge in [-0.05, 0) is 25.2 Å². The van der Waals surface area contributed by atoms with Crippen molar-refractivity contribution in [1.82, 2.24) is 4.90 Å². The third-order valence-electron chi connectivity index (χ3n) is 4.02. The molecule has 2 aliphatic rings. The Hall–Kier alpha value is -1.06. The SMILES string of the molecule is CCC[C@H](C)CC(=O)N1C(=O)O[C@H]2CCCC[C@@H]21. The maximum absolute atomic E-state index is 12.2. The van der Waals surface area contributed by atoms with Gasteiger partial charge in [0.25, 0.3) is 0 Å². The molecule has 2 rings (SSSR count). The molecule has 102 valence electrons. The van der Waals surface area contributed by atoms with E-state index in [2.05, 4.69) is 13.8 Å². The molecule has 4 nitrogen and oxygen atoms in total. The Morgan fingerprint density at radius 3 is 2.89 bits per heavy atom. The zero-order chi connectivity index (χ0) is 13.1. The number of hydrogen-bond donors (Lipinski definition) is 0. The van der Waals surface area contributed by atoms with Gasteiger partial charge >= 0.3 is 6.09 Å². The lowest BCUT2D eigenvalue weighted by Gasteiger charge is -2.27. The van der Waals surface area contributed by atoms with Crippen LogP contribution in [0.3, 0.4) is 0 Å². The molecule has 0 aromatic rings. The van der Waals surface area contributed by atoms with Gasteiger partial charge in [-0.15, -0.1) is 0 Å². The summed E-state index contributed by atoms with van der Waals surface area (Å²) in [7, 11) is 0. The molecule has 2 fully saturated rings. The first-order valence-electron chi connectivity index (χ1n) is 7.16. The van der Waals surface area contributed by atoms with E-state index in [0.717, 1.165) is 38.5 Å². The summed E-state index contributed by atoms with van der Waals surface area (Å²) in [6, 6.07) is 0.00702. The molecule has 0 aromatic carbocycles. The van der Waals surface area contributed by atoms with E-state index in [1.807, 2.05) is 0 Å². The topological polar surface area (TPSA) is 46.6 Å². The largest absolute Gasteiger partial charge is 0.444 e. The van der Waals surface area contributed by atoms with Gasteiger partial charge < -0.3 is 4.74 Å². The molecular formula is C14H23NO3. The van der Waals surface area contributed by atoms with Gasteiger partial charge in [-0.1, -0.05) is 33.1 Å². The molecule has 0 spiro atoms. The van der Waals surface area contributed by atoms with E-state index >= 15 is 0 Å². The number of imide groups is 1. The van der Waals surface area contributed by atoms with Crippen LogP contribution >= 0.6 is 0 Å². The summed E-state index contributed by atoms with van der Waals surface area (Å²) in [4.78, 5) is 25.4. The minimum Gasteiger partial charge on any atom is -0.444 e. The lowest BCUT2D eigenvalue weighted by molar-refractivity contribution is -0.130. The number of carbonyl (C=O) groups is 2. The molecule has 2 amide bonds. The van der Waals surface area contributed by atoms with Crippen molar-refractivity contribution < 1.29 is 14.3 Å². The average molecular weight is 253 g/mol. The number of hydrogen-bond acceptors (Lipinski definition) is 3. The number of nitrogens with zero attached hydrogens (tertiary/aromatic N) is 1. The maximum atomic E-state index is 12.2. The maximum Gasteiger partial charge on any atom is 0.417 e. The van der Waals surface area contributed by atoms with E-state index in [0.29, 0.717) is 12.3 Å². The summed E-state index contributed by atoms with van der Waals surface area (Å²) in [6.45, 7) is 4.18. The number of carbonyl (C=O) groups excluding carboxylic acids is 2. The molecule has 1 aliphatic heterocycles. The fourth-order valence-electron chi connectivity index (χ4n) is 3.11. The van der Waals surface area contributed by atoms with Gasteiger partial charge in [-0.2, -0.15) is 0 Å². The Balaban J connectivity index is 1.98. The first-order chi connectivity index (χ1) is 8.63. The number of ether oxygens (including phenoxy) is 1. The highest BCUT2D eigenvalue weighted by molar-refractivity contribution is 5.93. The van der Waals surface area contributed by atoms with Crippen molar-refractivity contribution in [3.63, 3.8) is 0 Å². The van der Waals surface area contributed by atoms with Crippen LogP contribution in [-0.4, -0.2) is 29.0 Å². The van der Waals surface area contributed by atoms with E-state index in [4.69, 9.17) is 4.74 Å². The molecule has 0 unspecified atom stereocenters. The smallest absolute Gasteiger partial charge is 0.417 e. The third kappa shape index (κ3) is 2.68. The minimum atomic E-state index is -0.416. The molecule has 1 saturated carbocycles. The van der Waals surface area contributed by atoms with Crippen LogP contribution in [-0.2, 0) is 9.53 Å². The highest BCUT2D eigenvalue weighted by Gasteiger charge is 2.45. The van der Waals surface area contributed by atoms with Crippen LogP contribution in [0, 0.1) is 5.92 Å². The number of amides is 2. The van der Waals surface area contributed by atoms with Gasteiger partial charge in [0.1, 0.15) is 6.10 Å². The number of fused-ring (bicyclic) bond motifs is 1. The molecule has 1 aliphatic carbocycles.